The standard InChI is InChI=1S/C27H32ClF2N3O4S/c1-14-9-21(38-4)19(25(35)32-14)12-31-24(34)18-10-20(28)23-22(15(18)2)36-26(3,37-23)16-5-7-33(8-6-16)13-17-11-27(17,29)30/h9-10,16-17H,5-8,11-13H2,1-4H3,(H,31,34)(H,32,35)/t17?,26-/m0/s1/i12D2. The van der Waals surface area contributed by atoms with E-state index in [4.69, 9.17) is 23.8 Å². The number of hydrogen-bond donors (Lipinski definition) is 2. The van der Waals surface area contributed by atoms with Gasteiger partial charge < -0.3 is 24.7 Å². The molecule has 1 aromatic carbocycles. The van der Waals surface area contributed by atoms with Gasteiger partial charge in [0.25, 0.3) is 23.2 Å². The second-order valence-electron chi connectivity index (χ2n) is 10.5. The summed E-state index contributed by atoms with van der Waals surface area (Å²) in [7, 11) is 0. The molecule has 7 nitrogen and oxygen atoms in total. The number of nitrogens with zero attached hydrogens (tertiary/aromatic N) is 1. The summed E-state index contributed by atoms with van der Waals surface area (Å²) >= 11 is 7.74. The molecule has 3 aliphatic rings. The van der Waals surface area contributed by atoms with Crippen LogP contribution in [0.2, 0.25) is 5.02 Å². The van der Waals surface area contributed by atoms with Crippen molar-refractivity contribution in [1.29, 1.82) is 0 Å². The molecule has 0 radical (unpaired) electrons. The molecular formula is C27H32ClF2N3O4S. The number of aromatic amines is 1. The lowest BCUT2D eigenvalue weighted by Crippen LogP contribution is -2.49. The predicted molar refractivity (Wildman–Crippen MR) is 143 cm³/mol. The van der Waals surface area contributed by atoms with Gasteiger partial charge in [0.05, 0.1) is 7.76 Å². The van der Waals surface area contributed by atoms with Crippen LogP contribution in [-0.2, 0) is 6.50 Å². The normalized spacial score (nSPS) is 25.6. The van der Waals surface area contributed by atoms with E-state index in [-0.39, 0.29) is 28.5 Å². The highest BCUT2D eigenvalue weighted by molar-refractivity contribution is 7.98. The fraction of sp³-hybridized carbons (Fsp3) is 0.556. The highest BCUT2D eigenvalue weighted by Gasteiger charge is 2.57. The third-order valence-electron chi connectivity index (χ3n) is 7.71. The number of alkyl halides is 2. The number of rotatable bonds is 7. The molecule has 1 unspecified atom stereocenters. The number of thioether (sulfide) groups is 1. The minimum Gasteiger partial charge on any atom is -0.448 e. The summed E-state index contributed by atoms with van der Waals surface area (Å²) in [5.74, 6) is -4.33. The number of aromatic nitrogens is 1. The molecule has 1 amide bonds. The van der Waals surface area contributed by atoms with Crippen molar-refractivity contribution < 1.29 is 25.8 Å². The van der Waals surface area contributed by atoms with Gasteiger partial charge in [-0.15, -0.1) is 11.8 Å². The minimum absolute atomic E-state index is 0.0315. The maximum absolute atomic E-state index is 13.4. The average molecular weight is 570 g/mol. The van der Waals surface area contributed by atoms with Crippen molar-refractivity contribution in [3.8, 4) is 11.5 Å². The Labute approximate surface area is 232 Å². The van der Waals surface area contributed by atoms with Crippen LogP contribution >= 0.6 is 23.4 Å². The van der Waals surface area contributed by atoms with E-state index in [2.05, 4.69) is 15.2 Å². The number of carbonyl (C=O) groups is 1. The van der Waals surface area contributed by atoms with Crippen LogP contribution in [0, 0.1) is 25.7 Å². The van der Waals surface area contributed by atoms with E-state index in [1.54, 1.807) is 26.2 Å². The lowest BCUT2D eigenvalue weighted by Gasteiger charge is -2.38. The van der Waals surface area contributed by atoms with Gasteiger partial charge in [-0.2, -0.15) is 0 Å². The summed E-state index contributed by atoms with van der Waals surface area (Å²) in [6, 6.07) is 3.06. The maximum Gasteiger partial charge on any atom is 0.254 e. The van der Waals surface area contributed by atoms with E-state index in [9.17, 15) is 18.4 Å². The summed E-state index contributed by atoms with van der Waals surface area (Å²) in [4.78, 5) is 31.0. The van der Waals surface area contributed by atoms with Gasteiger partial charge in [-0.05, 0) is 58.2 Å². The fourth-order valence-electron chi connectivity index (χ4n) is 5.29. The molecule has 38 heavy (non-hydrogen) atoms. The number of fused-ring (bicyclic) bond motifs is 1. The highest BCUT2D eigenvalue weighted by Crippen LogP contribution is 2.52. The van der Waals surface area contributed by atoms with Crippen LogP contribution in [0.4, 0.5) is 8.78 Å². The van der Waals surface area contributed by atoms with Gasteiger partial charge in [-0.1, -0.05) is 11.6 Å². The van der Waals surface area contributed by atoms with Gasteiger partial charge in [-0.3, -0.25) is 9.59 Å². The number of benzene rings is 1. The Morgan fingerprint density at radius 2 is 1.95 bits per heavy atom. The van der Waals surface area contributed by atoms with Gasteiger partial charge >= 0.3 is 0 Å². The zero-order valence-electron chi connectivity index (χ0n) is 23.7. The van der Waals surface area contributed by atoms with Crippen LogP contribution < -0.4 is 20.3 Å². The summed E-state index contributed by atoms with van der Waals surface area (Å²) in [6.45, 7) is 4.40. The first-order chi connectivity index (χ1) is 18.6. The molecule has 2 aliphatic heterocycles. The van der Waals surface area contributed by atoms with Crippen LogP contribution in [0.1, 0.15) is 56.1 Å². The number of likely N-dealkylation sites (tertiary alicyclic amines) is 1. The molecule has 5 rings (SSSR count). The van der Waals surface area contributed by atoms with E-state index in [1.807, 2.05) is 6.92 Å². The summed E-state index contributed by atoms with van der Waals surface area (Å²) < 4.78 is 56.3. The first-order valence-corrected chi connectivity index (χ1v) is 14.2. The molecule has 2 fully saturated rings. The second-order valence-corrected chi connectivity index (χ2v) is 11.7. The Morgan fingerprint density at radius 1 is 1.29 bits per heavy atom. The van der Waals surface area contributed by atoms with Gasteiger partial charge in [0.2, 0.25) is 0 Å². The van der Waals surface area contributed by atoms with Gasteiger partial charge in [-0.25, -0.2) is 8.78 Å². The summed E-state index contributed by atoms with van der Waals surface area (Å²) in [5, 5.41) is 2.49. The van der Waals surface area contributed by atoms with E-state index in [0.717, 1.165) is 0 Å². The number of hydrogen-bond acceptors (Lipinski definition) is 6. The molecule has 2 atom stereocenters. The Hall–Kier alpha value is -2.30. The van der Waals surface area contributed by atoms with Crippen LogP contribution in [-0.4, -0.2) is 53.4 Å². The molecule has 1 saturated carbocycles. The van der Waals surface area contributed by atoms with Crippen LogP contribution in [0.15, 0.2) is 21.8 Å². The lowest BCUT2D eigenvalue weighted by atomic mass is 9.89. The van der Waals surface area contributed by atoms with Crippen molar-refractivity contribution in [3.63, 3.8) is 0 Å². The molecule has 206 valence electrons. The molecule has 0 bridgehead atoms. The molecule has 2 aromatic rings. The van der Waals surface area contributed by atoms with E-state index in [0.29, 0.717) is 60.1 Å². The Bertz CT molecular complexity index is 1420. The quantitative estimate of drug-likeness (QED) is 0.449. The number of pyridine rings is 1. The number of aryl methyl sites for hydroxylation is 1. The number of nitrogens with one attached hydrogen (secondary N) is 2. The molecule has 3 heterocycles. The number of H-pyrrole nitrogens is 1. The summed E-state index contributed by atoms with van der Waals surface area (Å²) in [5.41, 5.74) is 0.287. The summed E-state index contributed by atoms with van der Waals surface area (Å²) in [6.07, 6.45) is 3.07. The number of amides is 1. The molecule has 1 aromatic heterocycles. The number of halogens is 3. The predicted octanol–water partition coefficient (Wildman–Crippen LogP) is 5.15. The zero-order valence-corrected chi connectivity index (χ0v) is 23.2. The van der Waals surface area contributed by atoms with Gasteiger partial charge in [0.15, 0.2) is 11.5 Å². The largest absolute Gasteiger partial charge is 0.448 e. The first kappa shape index (κ1) is 24.7. The number of carbonyl (C=O) groups excluding carboxylic acids is 1. The van der Waals surface area contributed by atoms with Crippen molar-refractivity contribution in [3.05, 3.63) is 49.9 Å². The monoisotopic (exact) mass is 569 g/mol. The SMILES string of the molecule is [2H]C([2H])(NC(=O)c1cc(Cl)c2c(c1C)O[C@](C)(C1CCN(CC3CC3(F)F)CC1)O2)c1c(SC)cc(C)[nH]c1=O. The van der Waals surface area contributed by atoms with Crippen molar-refractivity contribution in [2.75, 3.05) is 25.9 Å². The average Bonchev–Trinajstić information content (AvgIpc) is 3.28. The number of piperidine rings is 1. The van der Waals surface area contributed by atoms with E-state index in [1.165, 1.54) is 17.8 Å². The van der Waals surface area contributed by atoms with Crippen molar-refractivity contribution in [2.45, 2.75) is 63.1 Å². The van der Waals surface area contributed by atoms with Crippen LogP contribution in [0.3, 0.4) is 0 Å². The fourth-order valence-corrected chi connectivity index (χ4v) is 6.17. The lowest BCUT2D eigenvalue weighted by molar-refractivity contribution is -0.125. The van der Waals surface area contributed by atoms with Gasteiger partial charge in [0.1, 0.15) is 0 Å². The van der Waals surface area contributed by atoms with E-state index < -0.39 is 35.6 Å². The Morgan fingerprint density at radius 3 is 2.58 bits per heavy atom. The van der Waals surface area contributed by atoms with Crippen molar-refractivity contribution in [2.24, 2.45) is 11.8 Å². The minimum atomic E-state index is -2.53. The molecule has 11 heteroatoms. The van der Waals surface area contributed by atoms with Crippen LogP contribution in [0.5, 0.6) is 11.5 Å². The zero-order chi connectivity index (χ0) is 29.2. The first-order valence-electron chi connectivity index (χ1n) is 13.6. The molecule has 1 aliphatic carbocycles. The third-order valence-corrected chi connectivity index (χ3v) is 8.75. The van der Waals surface area contributed by atoms with Gasteiger partial charge in [0, 0.05) is 65.5 Å². The third kappa shape index (κ3) is 5.14. The molecule has 2 N–H and O–H groups in total. The number of ether oxygens (including phenoxy) is 2. The second kappa shape index (κ2) is 10.0. The van der Waals surface area contributed by atoms with Crippen molar-refractivity contribution in [1.82, 2.24) is 15.2 Å². The molecule has 0 spiro atoms. The smallest absolute Gasteiger partial charge is 0.254 e. The Kier molecular flexibility index (Phi) is 6.52. The van der Waals surface area contributed by atoms with Crippen LogP contribution in [0.25, 0.3) is 0 Å². The van der Waals surface area contributed by atoms with E-state index >= 15 is 0 Å². The highest BCUT2D eigenvalue weighted by atomic mass is 35.5. The topological polar surface area (TPSA) is 83.7 Å². The van der Waals surface area contributed by atoms with Crippen molar-refractivity contribution >= 4 is 29.3 Å². The molecule has 1 saturated heterocycles. The maximum atomic E-state index is 13.4. The molecular weight excluding hydrogens is 536 g/mol. The Balaban J connectivity index is 1.32.